The van der Waals surface area contributed by atoms with Gasteiger partial charge in [-0.1, -0.05) is 267 Å². The summed E-state index contributed by atoms with van der Waals surface area (Å²) >= 11 is 0. The van der Waals surface area contributed by atoms with Crippen LogP contribution in [0.25, 0.3) is 202 Å². The number of aromatic nitrogens is 12. The maximum atomic E-state index is 5.15. The standard InChI is InChI=1S/C55H37N5.C53H35N7/c1-3-11-40(12-4-1)53-58-54(41-13-5-2-6-14-41)60-55(59-53)52-36-50(48-21-9-19-46(33-48)44-17-7-15-42(31-44)38-23-27-56-28-24-38)35-51(37-52)49-22-10-20-47(34-49)45-18-8-16-43(32-45)39-25-29-57-30-26-39;1-3-11-36(12-4-1)51-58-52(37-13-5-2-6-14-37)60-53(59-51)48-28-46(42-19-7-15-38(23-42)40-17-9-21-44(25-40)49-30-54-34-55-31-49)27-47(29-48)43-20-8-16-39(24-43)41-18-10-22-45(26-41)50-32-56-35-57-33-50/h1-37H;1-35H. The van der Waals surface area contributed by atoms with Crippen molar-refractivity contribution in [2.24, 2.45) is 0 Å². The van der Waals surface area contributed by atoms with Crippen LogP contribution < -0.4 is 0 Å². The van der Waals surface area contributed by atoms with Crippen LogP contribution in [0.1, 0.15) is 0 Å². The molecule has 120 heavy (non-hydrogen) atoms. The van der Waals surface area contributed by atoms with Crippen molar-refractivity contribution in [3.63, 3.8) is 0 Å². The Morgan fingerprint density at radius 3 is 0.483 bits per heavy atom. The van der Waals surface area contributed by atoms with Crippen LogP contribution in [0.15, 0.2) is 438 Å². The molecule has 12 heteroatoms. The number of nitrogens with zero attached hydrogens (tertiary/aromatic N) is 12. The van der Waals surface area contributed by atoms with E-state index in [0.717, 1.165) is 167 Å². The van der Waals surface area contributed by atoms with E-state index < -0.39 is 0 Å². The first-order chi connectivity index (χ1) is 59.4. The molecule has 0 unspecified atom stereocenters. The summed E-state index contributed by atoms with van der Waals surface area (Å²) in [5.74, 6) is 3.67. The average molecular weight is 1540 g/mol. The molecule has 0 N–H and O–H groups in total. The Kier molecular flexibility index (Phi) is 21.1. The molecule has 14 aromatic carbocycles. The van der Waals surface area contributed by atoms with E-state index in [1.807, 2.05) is 195 Å². The number of rotatable bonds is 18. The number of benzene rings is 14. The molecule has 0 fully saturated rings. The Morgan fingerprint density at radius 1 is 0.108 bits per heavy atom. The van der Waals surface area contributed by atoms with Gasteiger partial charge in [0, 0.05) is 94.1 Å². The minimum atomic E-state index is 0.591. The van der Waals surface area contributed by atoms with Crippen LogP contribution in [0.5, 0.6) is 0 Å². The topological polar surface area (TPSA) is 155 Å². The molecule has 564 valence electrons. The van der Waals surface area contributed by atoms with Crippen molar-refractivity contribution in [3.05, 3.63) is 438 Å². The largest absolute Gasteiger partial charge is 0.265 e. The van der Waals surface area contributed by atoms with Crippen LogP contribution in [0.2, 0.25) is 0 Å². The number of hydrogen-bond donors (Lipinski definition) is 0. The molecule has 0 atom stereocenters. The molecule has 0 radical (unpaired) electrons. The van der Waals surface area contributed by atoms with Crippen molar-refractivity contribution in [2.75, 3.05) is 0 Å². The van der Waals surface area contributed by atoms with E-state index in [-0.39, 0.29) is 0 Å². The maximum absolute atomic E-state index is 5.15. The summed E-state index contributed by atoms with van der Waals surface area (Å²) in [4.78, 5) is 55.9. The minimum absolute atomic E-state index is 0.591. The molecule has 0 saturated carbocycles. The second-order valence-corrected chi connectivity index (χ2v) is 29.0. The minimum Gasteiger partial charge on any atom is -0.265 e. The molecular weight excluding hydrogens is 1470 g/mol. The number of hydrogen-bond acceptors (Lipinski definition) is 12. The lowest BCUT2D eigenvalue weighted by Gasteiger charge is -2.14. The van der Waals surface area contributed by atoms with E-state index in [1.54, 1.807) is 12.7 Å². The van der Waals surface area contributed by atoms with Gasteiger partial charge in [0.2, 0.25) is 0 Å². The summed E-state index contributed by atoms with van der Waals surface area (Å²) in [5.41, 5.74) is 31.5. The Bertz CT molecular complexity index is 6180. The second kappa shape index (κ2) is 34.3. The highest BCUT2D eigenvalue weighted by Crippen LogP contribution is 2.41. The molecule has 12 nitrogen and oxygen atoms in total. The molecule has 6 aromatic heterocycles. The summed E-state index contributed by atoms with van der Waals surface area (Å²) in [7, 11) is 0. The molecule has 20 aromatic rings. The highest BCUT2D eigenvalue weighted by Gasteiger charge is 2.20. The maximum Gasteiger partial charge on any atom is 0.164 e. The first-order valence-electron chi connectivity index (χ1n) is 39.6. The first-order valence-corrected chi connectivity index (χ1v) is 39.6. The summed E-state index contributed by atoms with van der Waals surface area (Å²) < 4.78 is 0. The lowest BCUT2D eigenvalue weighted by atomic mass is 9.92. The predicted octanol–water partition coefficient (Wildman–Crippen LogP) is 26.1. The van der Waals surface area contributed by atoms with Gasteiger partial charge in [0.15, 0.2) is 34.9 Å². The van der Waals surface area contributed by atoms with E-state index in [1.165, 1.54) is 0 Å². The predicted molar refractivity (Wildman–Crippen MR) is 484 cm³/mol. The van der Waals surface area contributed by atoms with Crippen molar-refractivity contribution < 1.29 is 0 Å². The fourth-order valence-corrected chi connectivity index (χ4v) is 15.1. The zero-order valence-electron chi connectivity index (χ0n) is 64.9. The summed E-state index contributed by atoms with van der Waals surface area (Å²) in [5, 5.41) is 0. The summed E-state index contributed by atoms with van der Waals surface area (Å²) in [6.07, 6.45) is 17.8. The molecule has 0 aliphatic carbocycles. The lowest BCUT2D eigenvalue weighted by molar-refractivity contribution is 1.07. The van der Waals surface area contributed by atoms with Gasteiger partial charge in [-0.05, 0) is 232 Å². The Labute approximate surface area is 695 Å². The van der Waals surface area contributed by atoms with Crippen LogP contribution in [0.3, 0.4) is 0 Å². The smallest absolute Gasteiger partial charge is 0.164 e. The molecular formula is C108H72N12. The van der Waals surface area contributed by atoms with Crippen molar-refractivity contribution in [3.8, 4) is 202 Å². The van der Waals surface area contributed by atoms with Crippen molar-refractivity contribution in [2.45, 2.75) is 0 Å². The highest BCUT2D eigenvalue weighted by molar-refractivity contribution is 5.88. The molecule has 0 aliphatic heterocycles. The zero-order valence-corrected chi connectivity index (χ0v) is 64.9. The summed E-state index contributed by atoms with van der Waals surface area (Å²) in [6, 6.07) is 131. The van der Waals surface area contributed by atoms with Crippen LogP contribution in [-0.4, -0.2) is 59.8 Å². The SMILES string of the molecule is c1ccc(-c2nc(-c3ccccc3)nc(-c3cc(-c4cccc(-c5cccc(-c6ccncc6)c5)c4)cc(-c4cccc(-c5cccc(-c6ccncc6)c5)c4)c3)n2)cc1.c1ccc(-c2nc(-c3ccccc3)nc(-c3cc(-c4cccc(-c5cccc(-c6cncnc6)c5)c4)cc(-c4cccc(-c5cccc(-c6cncnc6)c5)c4)c3)n2)cc1. The van der Waals surface area contributed by atoms with E-state index in [0.29, 0.717) is 34.9 Å². The van der Waals surface area contributed by atoms with Crippen molar-refractivity contribution in [1.82, 2.24) is 59.8 Å². The van der Waals surface area contributed by atoms with Crippen LogP contribution >= 0.6 is 0 Å². The Morgan fingerprint density at radius 2 is 0.267 bits per heavy atom. The number of pyridine rings is 2. The van der Waals surface area contributed by atoms with Gasteiger partial charge in [0.1, 0.15) is 12.7 Å². The second-order valence-electron chi connectivity index (χ2n) is 29.0. The van der Waals surface area contributed by atoms with Crippen LogP contribution in [0, 0.1) is 0 Å². The van der Waals surface area contributed by atoms with Gasteiger partial charge < -0.3 is 0 Å². The van der Waals surface area contributed by atoms with Gasteiger partial charge in [0.05, 0.1) is 0 Å². The third-order valence-electron chi connectivity index (χ3n) is 21.2. The van der Waals surface area contributed by atoms with Crippen LogP contribution in [-0.2, 0) is 0 Å². The van der Waals surface area contributed by atoms with E-state index in [2.05, 4.69) is 260 Å². The van der Waals surface area contributed by atoms with Gasteiger partial charge in [0.25, 0.3) is 0 Å². The Balaban J connectivity index is 0.000000159. The third-order valence-corrected chi connectivity index (χ3v) is 21.2. The quantitative estimate of drug-likeness (QED) is 0.0803. The molecule has 20 rings (SSSR count). The van der Waals surface area contributed by atoms with Crippen molar-refractivity contribution in [1.29, 1.82) is 0 Å². The molecule has 0 saturated heterocycles. The molecule has 6 heterocycles. The van der Waals surface area contributed by atoms with E-state index in [4.69, 9.17) is 29.9 Å². The van der Waals surface area contributed by atoms with E-state index >= 15 is 0 Å². The van der Waals surface area contributed by atoms with E-state index in [9.17, 15) is 0 Å². The van der Waals surface area contributed by atoms with Gasteiger partial charge in [-0.25, -0.2) is 49.8 Å². The molecule has 0 spiro atoms. The van der Waals surface area contributed by atoms with Crippen LogP contribution in [0.4, 0.5) is 0 Å². The average Bonchev–Trinajstić information content (AvgIpc) is 0.779. The fraction of sp³-hybridized carbons (Fsp3) is 0. The zero-order chi connectivity index (χ0) is 80.2. The third kappa shape index (κ3) is 16.8. The molecule has 0 aliphatic rings. The van der Waals surface area contributed by atoms with Gasteiger partial charge >= 0.3 is 0 Å². The fourth-order valence-electron chi connectivity index (χ4n) is 15.1. The normalized spacial score (nSPS) is 11.0. The first kappa shape index (κ1) is 73.7. The van der Waals surface area contributed by atoms with Gasteiger partial charge in [-0.3, -0.25) is 9.97 Å². The lowest BCUT2D eigenvalue weighted by Crippen LogP contribution is -2.00. The molecule has 0 bridgehead atoms. The van der Waals surface area contributed by atoms with Crippen molar-refractivity contribution >= 4 is 0 Å². The Hall–Kier alpha value is -16.4. The molecule has 0 amide bonds. The monoisotopic (exact) mass is 1540 g/mol. The van der Waals surface area contributed by atoms with Gasteiger partial charge in [-0.2, -0.15) is 0 Å². The van der Waals surface area contributed by atoms with Gasteiger partial charge in [-0.15, -0.1) is 0 Å². The summed E-state index contributed by atoms with van der Waals surface area (Å²) in [6.45, 7) is 0. The highest BCUT2D eigenvalue weighted by atomic mass is 15.0.